The maximum absolute atomic E-state index is 11.6. The number of azide groups is 1. The summed E-state index contributed by atoms with van der Waals surface area (Å²) in [6.07, 6.45) is 0. The molecule has 3 N–H and O–H groups in total. The summed E-state index contributed by atoms with van der Waals surface area (Å²) in [5.74, 6) is -0.509. The van der Waals surface area contributed by atoms with E-state index in [1.165, 1.54) is 0 Å². The molecule has 0 aromatic heterocycles. The zero-order valence-electron chi connectivity index (χ0n) is 9.93. The molecule has 1 rings (SSSR count). The second-order valence-electron chi connectivity index (χ2n) is 3.88. The first-order valence-electron chi connectivity index (χ1n) is 5.32. The van der Waals surface area contributed by atoms with Crippen LogP contribution >= 0.6 is 11.6 Å². The molecule has 0 bridgehead atoms. The van der Waals surface area contributed by atoms with E-state index in [2.05, 4.69) is 15.3 Å². The molecule has 0 aliphatic carbocycles. The van der Waals surface area contributed by atoms with Crippen molar-refractivity contribution in [3.8, 4) is 0 Å². The molecular formula is C11H14ClN5O. The van der Waals surface area contributed by atoms with Crippen LogP contribution in [-0.2, 0) is 10.3 Å². The quantitative estimate of drug-likeness (QED) is 0.356. The lowest BCUT2D eigenvalue weighted by Gasteiger charge is -2.28. The summed E-state index contributed by atoms with van der Waals surface area (Å²) in [5, 5.41) is 6.95. The summed E-state index contributed by atoms with van der Waals surface area (Å²) in [5.41, 5.74) is 13.3. The summed E-state index contributed by atoms with van der Waals surface area (Å²) < 4.78 is 0. The van der Waals surface area contributed by atoms with Gasteiger partial charge in [0.2, 0.25) is 5.91 Å². The molecule has 0 fully saturated rings. The predicted octanol–water partition coefficient (Wildman–Crippen LogP) is 1.94. The van der Waals surface area contributed by atoms with Gasteiger partial charge in [0.05, 0.1) is 0 Å². The van der Waals surface area contributed by atoms with Crippen LogP contribution in [0.2, 0.25) is 5.02 Å². The van der Waals surface area contributed by atoms with Crippen molar-refractivity contribution in [3.05, 3.63) is 45.3 Å². The highest BCUT2D eigenvalue weighted by Gasteiger charge is 2.32. The highest BCUT2D eigenvalue weighted by Crippen LogP contribution is 2.22. The van der Waals surface area contributed by atoms with Crippen LogP contribution in [-0.4, -0.2) is 19.0 Å². The van der Waals surface area contributed by atoms with E-state index in [0.29, 0.717) is 17.1 Å². The third-order valence-corrected chi connectivity index (χ3v) is 2.92. The lowest BCUT2D eigenvalue weighted by atomic mass is 9.91. The highest BCUT2D eigenvalue weighted by atomic mass is 35.5. The number of nitrogens with two attached hydrogens (primary N) is 1. The van der Waals surface area contributed by atoms with E-state index >= 15 is 0 Å². The molecule has 1 aromatic carbocycles. The Morgan fingerprint density at radius 3 is 2.67 bits per heavy atom. The van der Waals surface area contributed by atoms with E-state index in [1.54, 1.807) is 31.2 Å². The fourth-order valence-corrected chi connectivity index (χ4v) is 1.64. The van der Waals surface area contributed by atoms with Crippen LogP contribution in [0.5, 0.6) is 0 Å². The van der Waals surface area contributed by atoms with E-state index in [9.17, 15) is 4.79 Å². The van der Waals surface area contributed by atoms with Gasteiger partial charge in [-0.2, -0.15) is 0 Å². The first-order chi connectivity index (χ1) is 8.50. The zero-order chi connectivity index (χ0) is 13.6. The Hall–Kier alpha value is -1.75. The van der Waals surface area contributed by atoms with Crippen molar-refractivity contribution in [1.82, 2.24) is 5.32 Å². The molecule has 0 saturated carbocycles. The second-order valence-corrected chi connectivity index (χ2v) is 4.31. The van der Waals surface area contributed by atoms with Crippen LogP contribution in [0.3, 0.4) is 0 Å². The number of nitrogens with one attached hydrogen (secondary N) is 1. The Bertz CT molecular complexity index is 469. The van der Waals surface area contributed by atoms with Crippen LogP contribution in [0.25, 0.3) is 10.4 Å². The summed E-state index contributed by atoms with van der Waals surface area (Å²) >= 11 is 5.80. The van der Waals surface area contributed by atoms with E-state index in [4.69, 9.17) is 22.9 Å². The summed E-state index contributed by atoms with van der Waals surface area (Å²) in [7, 11) is 0. The number of carbonyl (C=O) groups excluding carboxylic acids is 1. The smallest absolute Gasteiger partial charge is 0.242 e. The first kappa shape index (κ1) is 14.3. The van der Waals surface area contributed by atoms with Crippen LogP contribution < -0.4 is 11.1 Å². The predicted molar refractivity (Wildman–Crippen MR) is 70.0 cm³/mol. The molecule has 1 aromatic rings. The number of halogens is 1. The fourth-order valence-electron chi connectivity index (χ4n) is 1.52. The maximum Gasteiger partial charge on any atom is 0.242 e. The van der Waals surface area contributed by atoms with E-state index < -0.39 is 11.4 Å². The molecule has 0 radical (unpaired) electrons. The fraction of sp³-hybridized carbons (Fsp3) is 0.364. The van der Waals surface area contributed by atoms with Crippen molar-refractivity contribution in [2.75, 3.05) is 13.1 Å². The molecule has 6 nitrogen and oxygen atoms in total. The number of hydrogen-bond acceptors (Lipinski definition) is 3. The van der Waals surface area contributed by atoms with Gasteiger partial charge in [0.25, 0.3) is 0 Å². The van der Waals surface area contributed by atoms with Crippen LogP contribution in [0.1, 0.15) is 12.5 Å². The lowest BCUT2D eigenvalue weighted by Crippen LogP contribution is -2.51. The molecular weight excluding hydrogens is 254 g/mol. The van der Waals surface area contributed by atoms with Crippen molar-refractivity contribution < 1.29 is 4.79 Å². The standard InChI is InChI=1S/C11H14ClN5O/c1-11(10(13)18,15-6-7-16-17-14)8-2-4-9(12)5-3-8/h2-5,15H,6-7H2,1H3,(H2,13,18). The van der Waals surface area contributed by atoms with Crippen LogP contribution in [0.4, 0.5) is 0 Å². The number of amides is 1. The Morgan fingerprint density at radius 1 is 1.56 bits per heavy atom. The first-order valence-corrected chi connectivity index (χ1v) is 5.70. The maximum atomic E-state index is 11.6. The minimum Gasteiger partial charge on any atom is -0.368 e. The Balaban J connectivity index is 2.89. The third-order valence-electron chi connectivity index (χ3n) is 2.67. The number of rotatable bonds is 6. The van der Waals surface area contributed by atoms with Gasteiger partial charge in [0, 0.05) is 23.0 Å². The van der Waals surface area contributed by atoms with Gasteiger partial charge in [0.1, 0.15) is 5.54 Å². The SMILES string of the molecule is CC(NCCN=[N+]=[N-])(C(N)=O)c1ccc(Cl)cc1. The van der Waals surface area contributed by atoms with Gasteiger partial charge in [-0.3, -0.25) is 10.1 Å². The lowest BCUT2D eigenvalue weighted by molar-refractivity contribution is -0.124. The Kier molecular flexibility index (Phi) is 4.97. The topological polar surface area (TPSA) is 104 Å². The Morgan fingerprint density at radius 2 is 2.17 bits per heavy atom. The van der Waals surface area contributed by atoms with Gasteiger partial charge in [0.15, 0.2) is 0 Å². The van der Waals surface area contributed by atoms with Crippen molar-refractivity contribution >= 4 is 17.5 Å². The number of carbonyl (C=O) groups is 1. The average molecular weight is 268 g/mol. The molecule has 0 saturated heterocycles. The average Bonchev–Trinajstić information content (AvgIpc) is 2.35. The molecule has 0 heterocycles. The van der Waals surface area contributed by atoms with E-state index in [-0.39, 0.29) is 6.54 Å². The minimum atomic E-state index is -1.02. The van der Waals surface area contributed by atoms with Gasteiger partial charge < -0.3 is 5.73 Å². The van der Waals surface area contributed by atoms with Crippen molar-refractivity contribution in [3.63, 3.8) is 0 Å². The summed E-state index contributed by atoms with van der Waals surface area (Å²) in [4.78, 5) is 14.2. The molecule has 0 aliphatic rings. The number of hydrogen-bond donors (Lipinski definition) is 2. The highest BCUT2D eigenvalue weighted by molar-refractivity contribution is 6.30. The third kappa shape index (κ3) is 3.37. The van der Waals surface area contributed by atoms with Gasteiger partial charge >= 0.3 is 0 Å². The van der Waals surface area contributed by atoms with Crippen molar-refractivity contribution in [2.45, 2.75) is 12.5 Å². The summed E-state index contributed by atoms with van der Waals surface area (Å²) in [6.45, 7) is 2.27. The zero-order valence-corrected chi connectivity index (χ0v) is 10.7. The molecule has 18 heavy (non-hydrogen) atoms. The van der Waals surface area contributed by atoms with E-state index in [0.717, 1.165) is 0 Å². The number of benzene rings is 1. The number of primary amides is 1. The van der Waals surface area contributed by atoms with Gasteiger partial charge in [-0.05, 0) is 30.2 Å². The monoisotopic (exact) mass is 267 g/mol. The minimum absolute atomic E-state index is 0.243. The van der Waals surface area contributed by atoms with Gasteiger partial charge in [-0.1, -0.05) is 28.8 Å². The summed E-state index contributed by atoms with van der Waals surface area (Å²) in [6, 6.07) is 6.84. The molecule has 1 unspecified atom stereocenters. The molecule has 96 valence electrons. The van der Waals surface area contributed by atoms with Crippen molar-refractivity contribution in [1.29, 1.82) is 0 Å². The van der Waals surface area contributed by atoms with Crippen molar-refractivity contribution in [2.24, 2.45) is 10.8 Å². The van der Waals surface area contributed by atoms with Gasteiger partial charge in [-0.25, -0.2) is 0 Å². The molecule has 0 aliphatic heterocycles. The van der Waals surface area contributed by atoms with E-state index in [1.807, 2.05) is 0 Å². The largest absolute Gasteiger partial charge is 0.368 e. The normalized spacial score (nSPS) is 13.4. The molecule has 7 heteroatoms. The molecule has 0 spiro atoms. The molecule has 1 atom stereocenters. The van der Waals surface area contributed by atoms with Crippen LogP contribution in [0, 0.1) is 0 Å². The van der Waals surface area contributed by atoms with Crippen LogP contribution in [0.15, 0.2) is 29.4 Å². The molecule has 1 amide bonds. The second kappa shape index (κ2) is 6.26. The van der Waals surface area contributed by atoms with Gasteiger partial charge in [-0.15, -0.1) is 0 Å². The Labute approximate surface area is 110 Å². The number of nitrogens with zero attached hydrogens (tertiary/aromatic N) is 3.